The van der Waals surface area contributed by atoms with Gasteiger partial charge < -0.3 is 10.8 Å². The second kappa shape index (κ2) is 5.22. The number of hydrogen-bond acceptors (Lipinski definition) is 5. The number of nitrogens with two attached hydrogens (primary N) is 1. The fourth-order valence-corrected chi connectivity index (χ4v) is 1.35. The zero-order valence-corrected chi connectivity index (χ0v) is 9.11. The lowest BCUT2D eigenvalue weighted by atomic mass is 10.2. The van der Waals surface area contributed by atoms with Crippen LogP contribution in [0.15, 0.2) is 46.8 Å². The summed E-state index contributed by atoms with van der Waals surface area (Å²) in [5.41, 5.74) is 7.02. The number of azo groups is 1. The van der Waals surface area contributed by atoms with E-state index < -0.39 is 6.23 Å². The van der Waals surface area contributed by atoms with Gasteiger partial charge in [-0.25, -0.2) is 0 Å². The van der Waals surface area contributed by atoms with Gasteiger partial charge in [0.2, 0.25) is 0 Å². The summed E-state index contributed by atoms with van der Waals surface area (Å²) in [6.45, 7) is 0. The van der Waals surface area contributed by atoms with Gasteiger partial charge in [0.25, 0.3) is 0 Å². The van der Waals surface area contributed by atoms with E-state index >= 15 is 0 Å². The maximum atomic E-state index is 9.65. The minimum atomic E-state index is -0.921. The molecule has 0 aliphatic carbocycles. The molecule has 0 bridgehead atoms. The molecule has 88 valence electrons. The highest BCUT2D eigenvalue weighted by molar-refractivity contribution is 5.37. The summed E-state index contributed by atoms with van der Waals surface area (Å²) in [6.07, 6.45) is 0.935. The molecule has 0 spiro atoms. The van der Waals surface area contributed by atoms with Crippen LogP contribution in [0.3, 0.4) is 0 Å². The minimum Gasteiger partial charge on any atom is -0.384 e. The Morgan fingerprint density at radius 2 is 2.12 bits per heavy atom. The van der Waals surface area contributed by atoms with Crippen LogP contribution in [-0.2, 0) is 6.42 Å². The lowest BCUT2D eigenvalue weighted by Crippen LogP contribution is -2.07. The molecular weight excluding hydrogens is 218 g/mol. The second-order valence-corrected chi connectivity index (χ2v) is 3.54. The second-order valence-electron chi connectivity index (χ2n) is 3.54. The molecule has 6 nitrogen and oxygen atoms in total. The third kappa shape index (κ3) is 3.12. The van der Waals surface area contributed by atoms with Crippen LogP contribution in [0, 0.1) is 0 Å². The molecule has 0 fully saturated rings. The first-order valence-electron chi connectivity index (χ1n) is 5.17. The highest BCUT2D eigenvalue weighted by Gasteiger charge is 2.07. The summed E-state index contributed by atoms with van der Waals surface area (Å²) >= 11 is 0. The number of aliphatic hydroxyl groups excluding tert-OH is 1. The van der Waals surface area contributed by atoms with Crippen molar-refractivity contribution in [1.82, 2.24) is 10.2 Å². The molecule has 0 amide bonds. The average Bonchev–Trinajstić information content (AvgIpc) is 2.74. The van der Waals surface area contributed by atoms with Crippen LogP contribution in [0.25, 0.3) is 0 Å². The van der Waals surface area contributed by atoms with Crippen LogP contribution in [-0.4, -0.2) is 21.5 Å². The normalized spacial score (nSPS) is 13.0. The van der Waals surface area contributed by atoms with Gasteiger partial charge in [-0.1, -0.05) is 18.2 Å². The number of rotatable bonds is 4. The Kier molecular flexibility index (Phi) is 3.46. The molecule has 0 radical (unpaired) electrons. The van der Waals surface area contributed by atoms with Crippen LogP contribution in [0.4, 0.5) is 11.5 Å². The summed E-state index contributed by atoms with van der Waals surface area (Å²) in [4.78, 5) is 0. The van der Waals surface area contributed by atoms with Crippen LogP contribution < -0.4 is 5.73 Å². The molecule has 0 saturated heterocycles. The molecule has 2 aromatic rings. The predicted octanol–water partition coefficient (Wildman–Crippen LogP) is 1.64. The average molecular weight is 231 g/mol. The maximum absolute atomic E-state index is 9.65. The number of nitrogen functional groups attached to an aromatic ring is 1. The van der Waals surface area contributed by atoms with Crippen LogP contribution in [0.2, 0.25) is 0 Å². The number of aromatic nitrogens is 2. The molecule has 0 aliphatic rings. The van der Waals surface area contributed by atoms with Gasteiger partial charge in [-0.15, -0.1) is 0 Å². The third-order valence-corrected chi connectivity index (χ3v) is 2.22. The summed E-state index contributed by atoms with van der Waals surface area (Å²) < 4.78 is 0. The smallest absolute Gasteiger partial charge is 0.170 e. The van der Waals surface area contributed by atoms with Crippen LogP contribution in [0.1, 0.15) is 5.56 Å². The van der Waals surface area contributed by atoms with E-state index in [2.05, 4.69) is 20.4 Å². The Labute approximate surface area is 98.2 Å². The lowest BCUT2D eigenvalue weighted by molar-refractivity contribution is 0.177. The molecule has 2 rings (SSSR count). The van der Waals surface area contributed by atoms with Gasteiger partial charge in [0.05, 0.1) is 11.9 Å². The van der Waals surface area contributed by atoms with E-state index in [9.17, 15) is 5.11 Å². The number of nitrogens with one attached hydrogen (secondary N) is 1. The number of aliphatic hydroxyl groups is 1. The zero-order valence-electron chi connectivity index (χ0n) is 9.11. The SMILES string of the molecule is Nc1[nH]ncc1CC(O)N=Nc1ccccc1. The van der Waals surface area contributed by atoms with Crippen LogP contribution in [0.5, 0.6) is 0 Å². The summed E-state index contributed by atoms with van der Waals surface area (Å²) in [5.74, 6) is 0.443. The fraction of sp³-hybridized carbons (Fsp3) is 0.182. The van der Waals surface area contributed by atoms with E-state index in [4.69, 9.17) is 5.73 Å². The van der Waals surface area contributed by atoms with Gasteiger partial charge in [-0.05, 0) is 12.1 Å². The van der Waals surface area contributed by atoms with Gasteiger partial charge in [0.15, 0.2) is 6.23 Å². The number of nitrogens with zero attached hydrogens (tertiary/aromatic N) is 3. The number of H-pyrrole nitrogens is 1. The highest BCUT2D eigenvalue weighted by atomic mass is 16.3. The van der Waals surface area contributed by atoms with Crippen molar-refractivity contribution in [3.8, 4) is 0 Å². The molecule has 1 unspecified atom stereocenters. The van der Waals surface area contributed by atoms with Gasteiger partial charge >= 0.3 is 0 Å². The van der Waals surface area contributed by atoms with Crippen molar-refractivity contribution < 1.29 is 5.11 Å². The summed E-state index contributed by atoms with van der Waals surface area (Å²) in [6, 6.07) is 9.22. The predicted molar refractivity (Wildman–Crippen MR) is 63.7 cm³/mol. The van der Waals surface area contributed by atoms with E-state index in [1.165, 1.54) is 0 Å². The number of anilines is 1. The van der Waals surface area contributed by atoms with E-state index in [0.717, 1.165) is 5.56 Å². The van der Waals surface area contributed by atoms with Gasteiger partial charge in [-0.3, -0.25) is 5.10 Å². The Bertz CT molecular complexity index is 494. The van der Waals surface area contributed by atoms with Crippen molar-refractivity contribution in [2.24, 2.45) is 10.2 Å². The Balaban J connectivity index is 1.96. The monoisotopic (exact) mass is 231 g/mol. The molecule has 1 aromatic carbocycles. The van der Waals surface area contributed by atoms with Crippen molar-refractivity contribution in [2.45, 2.75) is 12.6 Å². The molecule has 1 heterocycles. The van der Waals surface area contributed by atoms with Crippen molar-refractivity contribution in [2.75, 3.05) is 5.73 Å². The van der Waals surface area contributed by atoms with Crippen molar-refractivity contribution in [1.29, 1.82) is 0 Å². The molecule has 1 aromatic heterocycles. The molecule has 0 saturated carbocycles. The molecule has 6 heteroatoms. The van der Waals surface area contributed by atoms with Crippen molar-refractivity contribution in [3.05, 3.63) is 42.1 Å². The van der Waals surface area contributed by atoms with Crippen LogP contribution >= 0.6 is 0 Å². The Morgan fingerprint density at radius 3 is 2.76 bits per heavy atom. The van der Waals surface area contributed by atoms with E-state index in [0.29, 0.717) is 17.9 Å². The maximum Gasteiger partial charge on any atom is 0.170 e. The van der Waals surface area contributed by atoms with E-state index in [1.807, 2.05) is 30.3 Å². The first kappa shape index (κ1) is 11.3. The largest absolute Gasteiger partial charge is 0.384 e. The van der Waals surface area contributed by atoms with E-state index in [1.54, 1.807) is 6.20 Å². The van der Waals surface area contributed by atoms with Gasteiger partial charge in [0.1, 0.15) is 5.82 Å². The summed E-state index contributed by atoms with van der Waals surface area (Å²) in [7, 11) is 0. The zero-order chi connectivity index (χ0) is 12.1. The molecule has 4 N–H and O–H groups in total. The first-order valence-corrected chi connectivity index (χ1v) is 5.17. The molecular formula is C11H13N5O. The molecule has 0 aliphatic heterocycles. The minimum absolute atomic E-state index is 0.290. The molecule has 1 atom stereocenters. The number of hydrogen-bond donors (Lipinski definition) is 3. The third-order valence-electron chi connectivity index (χ3n) is 2.22. The fourth-order valence-electron chi connectivity index (χ4n) is 1.35. The van der Waals surface area contributed by atoms with E-state index in [-0.39, 0.29) is 0 Å². The highest BCUT2D eigenvalue weighted by Crippen LogP contribution is 2.13. The summed E-state index contributed by atoms with van der Waals surface area (Å²) in [5, 5.41) is 23.7. The Morgan fingerprint density at radius 1 is 1.35 bits per heavy atom. The van der Waals surface area contributed by atoms with Crippen molar-refractivity contribution in [3.63, 3.8) is 0 Å². The number of benzene rings is 1. The lowest BCUT2D eigenvalue weighted by Gasteiger charge is -2.02. The standard InChI is InChI=1S/C11H13N5O/c12-11-8(7-13-16-11)6-10(17)15-14-9-4-2-1-3-5-9/h1-5,7,10,17H,6H2,(H3,12,13,16). The Hall–Kier alpha value is -2.21. The quantitative estimate of drug-likeness (QED) is 0.697. The van der Waals surface area contributed by atoms with Gasteiger partial charge in [-0.2, -0.15) is 15.3 Å². The molecule has 17 heavy (non-hydrogen) atoms. The first-order chi connectivity index (χ1) is 8.25. The van der Waals surface area contributed by atoms with Gasteiger partial charge in [0, 0.05) is 12.0 Å². The van der Waals surface area contributed by atoms with Crippen molar-refractivity contribution >= 4 is 11.5 Å². The number of aromatic amines is 1. The topological polar surface area (TPSA) is 99.7 Å².